The second-order valence-electron chi connectivity index (χ2n) is 6.33. The minimum absolute atomic E-state index is 0.244. The zero-order valence-electron chi connectivity index (χ0n) is 14.6. The molecule has 0 saturated carbocycles. The number of hydrogen-bond donors (Lipinski definition) is 2. The summed E-state index contributed by atoms with van der Waals surface area (Å²) in [6.45, 7) is 1.95. The summed E-state index contributed by atoms with van der Waals surface area (Å²) in [7, 11) is 4.78. The Balaban J connectivity index is 1.70. The van der Waals surface area contributed by atoms with Crippen LogP contribution in [-0.2, 0) is 0 Å². The molecule has 0 bridgehead atoms. The Kier molecular flexibility index (Phi) is 4.17. The second-order valence-corrected chi connectivity index (χ2v) is 7.00. The van der Waals surface area contributed by atoms with Crippen LogP contribution in [0, 0.1) is 6.92 Å². The maximum absolute atomic E-state index is 9.46. The summed E-state index contributed by atoms with van der Waals surface area (Å²) in [5.41, 5.74) is 5.01. The van der Waals surface area contributed by atoms with Crippen molar-refractivity contribution in [1.29, 1.82) is 0 Å². The molecule has 0 aliphatic carbocycles. The molecule has 2 heterocycles. The number of imidazole rings is 1. The van der Waals surface area contributed by atoms with Gasteiger partial charge in [0.25, 0.3) is 0 Å². The largest absolute Gasteiger partial charge is 0.508 e. The molecule has 2 aromatic carbocycles. The standard InChI is InChI=1S/C20H18BN2O2P/c1-11-19(12-2-4-13(24)5-3-12)23-20(22-11)18-9-8-17(25-18)15-7-6-14(26)10-16(15)21/h2-10,24H,21,26H2,1H3,(H,22,23). The molecule has 6 heteroatoms. The maximum atomic E-state index is 9.46. The summed E-state index contributed by atoms with van der Waals surface area (Å²) < 4.78 is 6.06. The molecular formula is C20H18BN2O2P. The molecule has 2 N–H and O–H groups in total. The monoisotopic (exact) mass is 360 g/mol. The van der Waals surface area contributed by atoms with Gasteiger partial charge in [0.15, 0.2) is 11.6 Å². The van der Waals surface area contributed by atoms with Crippen molar-refractivity contribution in [3.05, 3.63) is 60.3 Å². The molecule has 0 radical (unpaired) electrons. The van der Waals surface area contributed by atoms with E-state index in [4.69, 9.17) is 4.42 Å². The lowest BCUT2D eigenvalue weighted by molar-refractivity contribution is 0.475. The molecular weight excluding hydrogens is 342 g/mol. The zero-order chi connectivity index (χ0) is 18.3. The number of aromatic hydroxyl groups is 1. The summed E-state index contributed by atoms with van der Waals surface area (Å²) in [5, 5.41) is 10.6. The van der Waals surface area contributed by atoms with E-state index in [9.17, 15) is 5.11 Å². The number of hydrogen-bond acceptors (Lipinski definition) is 3. The predicted molar refractivity (Wildman–Crippen MR) is 111 cm³/mol. The zero-order valence-corrected chi connectivity index (χ0v) is 15.7. The van der Waals surface area contributed by atoms with Gasteiger partial charge in [0, 0.05) is 11.1 Å². The molecule has 0 amide bonds. The van der Waals surface area contributed by atoms with Gasteiger partial charge in [-0.2, -0.15) is 0 Å². The maximum Gasteiger partial charge on any atom is 0.174 e. The Labute approximate surface area is 154 Å². The van der Waals surface area contributed by atoms with Crippen LogP contribution >= 0.6 is 9.24 Å². The van der Waals surface area contributed by atoms with Gasteiger partial charge in [-0.15, -0.1) is 9.24 Å². The number of aromatic amines is 1. The fraction of sp³-hybridized carbons (Fsp3) is 0.0500. The number of aromatic nitrogens is 2. The fourth-order valence-electron chi connectivity index (χ4n) is 3.06. The molecule has 128 valence electrons. The van der Waals surface area contributed by atoms with Gasteiger partial charge in [0.2, 0.25) is 0 Å². The van der Waals surface area contributed by atoms with Gasteiger partial charge in [0.1, 0.15) is 19.4 Å². The van der Waals surface area contributed by atoms with Crippen LogP contribution in [0.2, 0.25) is 0 Å². The highest BCUT2D eigenvalue weighted by Gasteiger charge is 2.14. The number of phenols is 1. The van der Waals surface area contributed by atoms with Crippen LogP contribution in [0.25, 0.3) is 34.2 Å². The minimum Gasteiger partial charge on any atom is -0.508 e. The van der Waals surface area contributed by atoms with E-state index in [1.807, 2.05) is 31.2 Å². The van der Waals surface area contributed by atoms with Gasteiger partial charge in [-0.1, -0.05) is 23.7 Å². The van der Waals surface area contributed by atoms with Crippen LogP contribution in [0.1, 0.15) is 5.69 Å². The highest BCUT2D eigenvalue weighted by molar-refractivity contribution is 7.27. The number of furan rings is 1. The van der Waals surface area contributed by atoms with E-state index in [0.717, 1.165) is 33.6 Å². The van der Waals surface area contributed by atoms with E-state index in [2.05, 4.69) is 45.3 Å². The van der Waals surface area contributed by atoms with Crippen molar-refractivity contribution < 1.29 is 9.52 Å². The quantitative estimate of drug-likeness (QED) is 0.436. The van der Waals surface area contributed by atoms with E-state index in [0.29, 0.717) is 11.6 Å². The van der Waals surface area contributed by atoms with Crippen LogP contribution < -0.4 is 10.8 Å². The van der Waals surface area contributed by atoms with Crippen LogP contribution in [0.15, 0.2) is 59.0 Å². The Bertz CT molecular complexity index is 1080. The van der Waals surface area contributed by atoms with E-state index >= 15 is 0 Å². The van der Waals surface area contributed by atoms with Crippen molar-refractivity contribution in [3.63, 3.8) is 0 Å². The number of phenolic OH excluding ortho intramolecular Hbond substituents is 1. The smallest absolute Gasteiger partial charge is 0.174 e. The molecule has 0 saturated heterocycles. The number of H-pyrrole nitrogens is 1. The first-order valence-electron chi connectivity index (χ1n) is 8.34. The fourth-order valence-corrected chi connectivity index (χ4v) is 3.41. The first kappa shape index (κ1) is 16.7. The first-order valence-corrected chi connectivity index (χ1v) is 8.92. The third-order valence-electron chi connectivity index (χ3n) is 4.40. The van der Waals surface area contributed by atoms with Gasteiger partial charge in [-0.05, 0) is 48.6 Å². The van der Waals surface area contributed by atoms with E-state index < -0.39 is 0 Å². The summed E-state index contributed by atoms with van der Waals surface area (Å²) >= 11 is 0. The SMILES string of the molecule is Bc1cc(P)ccc1-c1ccc(-c2nc(C)c(-c3ccc(O)cc3)[nH]2)o1. The van der Waals surface area contributed by atoms with E-state index in [-0.39, 0.29) is 5.75 Å². The highest BCUT2D eigenvalue weighted by Crippen LogP contribution is 2.30. The molecule has 2 aromatic heterocycles. The molecule has 1 unspecified atom stereocenters. The van der Waals surface area contributed by atoms with Crippen molar-refractivity contribution in [2.45, 2.75) is 6.92 Å². The third-order valence-corrected chi connectivity index (χ3v) is 4.76. The van der Waals surface area contributed by atoms with Crippen molar-refractivity contribution in [3.8, 4) is 39.9 Å². The molecule has 4 nitrogen and oxygen atoms in total. The molecule has 0 aliphatic heterocycles. The molecule has 4 aromatic rings. The minimum atomic E-state index is 0.244. The first-order chi connectivity index (χ1) is 12.5. The lowest BCUT2D eigenvalue weighted by atomic mass is 9.89. The number of rotatable bonds is 3. The Morgan fingerprint density at radius 3 is 2.50 bits per heavy atom. The van der Waals surface area contributed by atoms with Gasteiger partial charge in [-0.25, -0.2) is 4.98 Å². The lowest BCUT2D eigenvalue weighted by Crippen LogP contribution is -2.10. The average molecular weight is 360 g/mol. The molecule has 26 heavy (non-hydrogen) atoms. The Morgan fingerprint density at radius 2 is 1.77 bits per heavy atom. The van der Waals surface area contributed by atoms with Crippen molar-refractivity contribution >= 4 is 27.9 Å². The number of benzene rings is 2. The van der Waals surface area contributed by atoms with Gasteiger partial charge in [-0.3, -0.25) is 0 Å². The van der Waals surface area contributed by atoms with Crippen molar-refractivity contribution in [2.75, 3.05) is 0 Å². The second kappa shape index (κ2) is 6.51. The summed E-state index contributed by atoms with van der Waals surface area (Å²) in [6, 6.07) is 17.2. The Hall–Kier alpha value is -2.78. The van der Waals surface area contributed by atoms with Crippen molar-refractivity contribution in [2.24, 2.45) is 0 Å². The summed E-state index contributed by atoms with van der Waals surface area (Å²) in [5.74, 6) is 2.45. The van der Waals surface area contributed by atoms with Crippen LogP contribution in [0.4, 0.5) is 0 Å². The molecule has 0 spiro atoms. The molecule has 4 rings (SSSR count). The average Bonchev–Trinajstić information content (AvgIpc) is 3.23. The molecule has 0 aliphatic rings. The molecule has 1 atom stereocenters. The van der Waals surface area contributed by atoms with Crippen molar-refractivity contribution in [1.82, 2.24) is 9.97 Å². The Morgan fingerprint density at radius 1 is 1.04 bits per heavy atom. The summed E-state index contributed by atoms with van der Waals surface area (Å²) in [6.07, 6.45) is 0. The van der Waals surface area contributed by atoms with Crippen LogP contribution in [0.5, 0.6) is 5.75 Å². The van der Waals surface area contributed by atoms with E-state index in [1.165, 1.54) is 5.46 Å². The van der Waals surface area contributed by atoms with Crippen LogP contribution in [0.3, 0.4) is 0 Å². The van der Waals surface area contributed by atoms with Gasteiger partial charge >= 0.3 is 0 Å². The van der Waals surface area contributed by atoms with E-state index in [1.54, 1.807) is 12.1 Å². The van der Waals surface area contributed by atoms with Gasteiger partial charge < -0.3 is 14.5 Å². The third kappa shape index (κ3) is 3.06. The number of aryl methyl sites for hydroxylation is 1. The number of nitrogens with zero attached hydrogens (tertiary/aromatic N) is 1. The highest BCUT2D eigenvalue weighted by atomic mass is 31.0. The van der Waals surface area contributed by atoms with Crippen LogP contribution in [-0.4, -0.2) is 22.9 Å². The normalized spacial score (nSPS) is 11.0. The number of nitrogens with one attached hydrogen (secondary N) is 1. The predicted octanol–water partition coefficient (Wildman–Crippen LogP) is 2.78. The molecule has 0 fully saturated rings. The van der Waals surface area contributed by atoms with Gasteiger partial charge in [0.05, 0.1) is 11.4 Å². The topological polar surface area (TPSA) is 62.1 Å². The lowest BCUT2D eigenvalue weighted by Gasteiger charge is -2.03. The summed E-state index contributed by atoms with van der Waals surface area (Å²) in [4.78, 5) is 7.94.